The minimum absolute atomic E-state index is 0.606. The van der Waals surface area contributed by atoms with Crippen LogP contribution in [0.15, 0.2) is 49.1 Å². The van der Waals surface area contributed by atoms with Gasteiger partial charge in [0.1, 0.15) is 18.4 Å². The fourth-order valence-corrected chi connectivity index (χ4v) is 6.04. The lowest BCUT2D eigenvalue weighted by Gasteiger charge is -2.25. The van der Waals surface area contributed by atoms with E-state index in [9.17, 15) is 0 Å². The molecule has 1 heterocycles. The molecule has 1 N–H and O–H groups in total. The van der Waals surface area contributed by atoms with Crippen molar-refractivity contribution in [2.45, 2.75) is 161 Å². The maximum Gasteiger partial charge on any atom is 0.241 e. The van der Waals surface area contributed by atoms with Crippen LogP contribution in [0.4, 0.5) is 0 Å². The van der Waals surface area contributed by atoms with Crippen LogP contribution in [-0.2, 0) is 6.42 Å². The minimum Gasteiger partial charge on any atom is -0.250 e. The maximum atomic E-state index is 3.34. The number of aromatic amines is 1. The van der Waals surface area contributed by atoms with Gasteiger partial charge < -0.3 is 0 Å². The monoisotopic (exact) mass is 509 g/mol. The van der Waals surface area contributed by atoms with E-state index < -0.39 is 0 Å². The molecule has 1 aromatic carbocycles. The van der Waals surface area contributed by atoms with E-state index in [2.05, 4.69) is 72.5 Å². The van der Waals surface area contributed by atoms with Crippen molar-refractivity contribution in [3.05, 3.63) is 54.6 Å². The Kier molecular flexibility index (Phi) is 19.2. The second-order valence-electron chi connectivity index (χ2n) is 11.7. The summed E-state index contributed by atoms with van der Waals surface area (Å²) in [6.07, 6.45) is 37.3. The number of hydrogen-bond acceptors (Lipinski definition) is 0. The van der Waals surface area contributed by atoms with Gasteiger partial charge in [-0.25, -0.2) is 4.57 Å². The van der Waals surface area contributed by atoms with Gasteiger partial charge >= 0.3 is 0 Å². The molecule has 0 saturated carbocycles. The molecule has 37 heavy (non-hydrogen) atoms. The molecule has 0 bridgehead atoms. The first-order chi connectivity index (χ1) is 18.3. The van der Waals surface area contributed by atoms with E-state index >= 15 is 0 Å². The van der Waals surface area contributed by atoms with Crippen LogP contribution in [-0.4, -0.2) is 4.98 Å². The van der Waals surface area contributed by atoms with Gasteiger partial charge in [-0.2, -0.15) is 0 Å². The van der Waals surface area contributed by atoms with Crippen molar-refractivity contribution >= 4 is 0 Å². The van der Waals surface area contributed by atoms with E-state index in [0.29, 0.717) is 12.0 Å². The van der Waals surface area contributed by atoms with Crippen LogP contribution in [0, 0.1) is 5.92 Å². The summed E-state index contributed by atoms with van der Waals surface area (Å²) in [6.45, 7) is 4.61. The van der Waals surface area contributed by atoms with Crippen LogP contribution in [0.1, 0.15) is 160 Å². The fraction of sp³-hybridized carbons (Fsp3) is 0.743. The lowest BCUT2D eigenvalue weighted by molar-refractivity contribution is -0.730. The molecular formula is C35H61N2+. The molecule has 0 amide bonds. The molecule has 0 spiro atoms. The first-order valence-corrected chi connectivity index (χ1v) is 16.4. The minimum atomic E-state index is 0.606. The zero-order valence-electron chi connectivity index (χ0n) is 24.8. The molecule has 0 radical (unpaired) electrons. The lowest BCUT2D eigenvalue weighted by atomic mass is 9.84. The summed E-state index contributed by atoms with van der Waals surface area (Å²) >= 11 is 0. The van der Waals surface area contributed by atoms with Crippen LogP contribution >= 0.6 is 0 Å². The average Bonchev–Trinajstić information content (AvgIpc) is 3.46. The van der Waals surface area contributed by atoms with Gasteiger partial charge in [0.05, 0.1) is 0 Å². The van der Waals surface area contributed by atoms with E-state index in [1.807, 2.05) is 0 Å². The molecule has 1 aromatic heterocycles. The third-order valence-electron chi connectivity index (χ3n) is 8.37. The Morgan fingerprint density at radius 2 is 1.08 bits per heavy atom. The fourth-order valence-electron chi connectivity index (χ4n) is 6.04. The van der Waals surface area contributed by atoms with Crippen molar-refractivity contribution in [2.75, 3.05) is 0 Å². The molecule has 0 aliphatic heterocycles. The molecule has 2 nitrogen and oxygen atoms in total. The lowest BCUT2D eigenvalue weighted by Crippen LogP contribution is -2.42. The quantitative estimate of drug-likeness (QED) is 0.101. The van der Waals surface area contributed by atoms with Gasteiger partial charge in [-0.3, -0.25) is 4.98 Å². The molecule has 0 aliphatic rings. The van der Waals surface area contributed by atoms with Gasteiger partial charge in [-0.1, -0.05) is 160 Å². The summed E-state index contributed by atoms with van der Waals surface area (Å²) in [7, 11) is 0. The number of nitrogens with zero attached hydrogens (tertiary/aromatic N) is 1. The Balaban J connectivity index is 1.80. The summed E-state index contributed by atoms with van der Waals surface area (Å²) in [4.78, 5) is 3.34. The molecule has 0 fully saturated rings. The highest BCUT2D eigenvalue weighted by Crippen LogP contribution is 2.29. The van der Waals surface area contributed by atoms with Crippen molar-refractivity contribution < 1.29 is 4.57 Å². The summed E-state index contributed by atoms with van der Waals surface area (Å²) in [5.74, 6) is 0.714. The molecule has 2 atom stereocenters. The van der Waals surface area contributed by atoms with E-state index in [0.717, 1.165) is 0 Å². The summed E-state index contributed by atoms with van der Waals surface area (Å²) in [5.41, 5.74) is 1.51. The number of rotatable bonds is 25. The first kappa shape index (κ1) is 31.6. The second kappa shape index (κ2) is 22.4. The Hall–Kier alpha value is -1.57. The van der Waals surface area contributed by atoms with Crippen LogP contribution in [0.2, 0.25) is 0 Å². The number of nitrogens with one attached hydrogen (secondary N) is 1. The van der Waals surface area contributed by atoms with Crippen molar-refractivity contribution in [1.82, 2.24) is 4.98 Å². The molecule has 2 unspecified atom stereocenters. The van der Waals surface area contributed by atoms with Crippen LogP contribution in [0.5, 0.6) is 0 Å². The predicted molar refractivity (Wildman–Crippen MR) is 162 cm³/mol. The zero-order valence-corrected chi connectivity index (χ0v) is 24.8. The average molecular weight is 510 g/mol. The molecule has 2 rings (SSSR count). The smallest absolute Gasteiger partial charge is 0.241 e. The van der Waals surface area contributed by atoms with E-state index in [1.54, 1.807) is 0 Å². The van der Waals surface area contributed by atoms with Crippen LogP contribution < -0.4 is 4.57 Å². The SMILES string of the molecule is CCCCCCCCCCCCC(Cc1ccccc1)C(CCCCCCCCCCC)[n+]1cc[nH]c1. The molecule has 0 aliphatic carbocycles. The second-order valence-corrected chi connectivity index (χ2v) is 11.7. The Morgan fingerprint density at radius 1 is 0.595 bits per heavy atom. The van der Waals surface area contributed by atoms with Crippen LogP contribution in [0.3, 0.4) is 0 Å². The van der Waals surface area contributed by atoms with Crippen molar-refractivity contribution in [3.63, 3.8) is 0 Å². The van der Waals surface area contributed by atoms with Gasteiger partial charge in [0, 0.05) is 5.92 Å². The summed E-state index contributed by atoms with van der Waals surface area (Å²) in [5, 5.41) is 0. The predicted octanol–water partition coefficient (Wildman–Crippen LogP) is 10.9. The van der Waals surface area contributed by atoms with Gasteiger partial charge in [0.25, 0.3) is 0 Å². The number of H-pyrrole nitrogens is 1. The Bertz CT molecular complexity index is 708. The van der Waals surface area contributed by atoms with Crippen molar-refractivity contribution in [3.8, 4) is 0 Å². The van der Waals surface area contributed by atoms with Crippen LogP contribution in [0.25, 0.3) is 0 Å². The normalized spacial score (nSPS) is 13.1. The highest BCUT2D eigenvalue weighted by Gasteiger charge is 2.26. The van der Waals surface area contributed by atoms with E-state index in [4.69, 9.17) is 0 Å². The van der Waals surface area contributed by atoms with Gasteiger partial charge in [-0.15, -0.1) is 0 Å². The van der Waals surface area contributed by atoms with E-state index in [-0.39, 0.29) is 0 Å². The van der Waals surface area contributed by atoms with E-state index in [1.165, 1.54) is 147 Å². The molecular weight excluding hydrogens is 448 g/mol. The molecule has 2 aromatic rings. The number of benzene rings is 1. The number of imidazole rings is 1. The highest BCUT2D eigenvalue weighted by atomic mass is 15.1. The van der Waals surface area contributed by atoms with Gasteiger partial charge in [-0.05, 0) is 31.2 Å². The molecule has 2 heteroatoms. The third kappa shape index (κ3) is 15.4. The highest BCUT2D eigenvalue weighted by molar-refractivity contribution is 5.15. The topological polar surface area (TPSA) is 19.7 Å². The largest absolute Gasteiger partial charge is 0.250 e. The maximum absolute atomic E-state index is 3.34. The summed E-state index contributed by atoms with van der Waals surface area (Å²) < 4.78 is 2.49. The van der Waals surface area contributed by atoms with Gasteiger partial charge in [0.2, 0.25) is 6.33 Å². The number of aromatic nitrogens is 2. The Morgan fingerprint density at radius 3 is 1.57 bits per heavy atom. The Labute approximate surface area is 231 Å². The van der Waals surface area contributed by atoms with Gasteiger partial charge in [0.15, 0.2) is 0 Å². The number of unbranched alkanes of at least 4 members (excludes halogenated alkanes) is 17. The zero-order chi connectivity index (χ0) is 26.2. The third-order valence-corrected chi connectivity index (χ3v) is 8.37. The van der Waals surface area contributed by atoms with Crippen molar-refractivity contribution in [2.24, 2.45) is 5.92 Å². The number of hydrogen-bond donors (Lipinski definition) is 1. The summed E-state index contributed by atoms with van der Waals surface area (Å²) in [6, 6.07) is 11.9. The standard InChI is InChI=1S/C35H60N2/c1-3-5-7-9-11-13-15-16-18-23-27-34(31-33-25-21-20-22-26-33)35(37-30-29-36-32-37)28-24-19-17-14-12-10-8-6-4-2/h20-22,25-26,29-30,32,34-35H,3-19,23-24,27-28,31H2,1-2H3/p+1. The molecule has 210 valence electrons. The van der Waals surface area contributed by atoms with Crippen molar-refractivity contribution in [1.29, 1.82) is 0 Å². The molecule has 0 saturated heterocycles. The first-order valence-electron chi connectivity index (χ1n) is 16.4.